The molecule has 0 aliphatic heterocycles. The second-order valence-corrected chi connectivity index (χ2v) is 7.04. The molecule has 0 saturated heterocycles. The molecule has 2 amide bonds. The van der Waals surface area contributed by atoms with E-state index in [2.05, 4.69) is 30.8 Å². The molecule has 29 heavy (non-hydrogen) atoms. The normalized spacial score (nSPS) is 13.4. The third kappa shape index (κ3) is 3.36. The number of benzene rings is 1. The monoisotopic (exact) mass is 386 g/mol. The molecule has 0 bridgehead atoms. The fraction of sp³-hybridized carbons (Fsp3) is 0.143. The zero-order chi connectivity index (χ0) is 19.8. The number of rotatable bonds is 5. The Morgan fingerprint density at radius 2 is 2.00 bits per heavy atom. The van der Waals surface area contributed by atoms with Crippen molar-refractivity contribution >= 4 is 34.2 Å². The number of carbonyl (C=O) groups is 2. The highest BCUT2D eigenvalue weighted by Gasteiger charge is 2.29. The first-order chi connectivity index (χ1) is 14.2. The van der Waals surface area contributed by atoms with Gasteiger partial charge in [-0.3, -0.25) is 14.7 Å². The van der Waals surface area contributed by atoms with Gasteiger partial charge in [0.2, 0.25) is 5.91 Å². The van der Waals surface area contributed by atoms with Crippen LogP contribution in [0.25, 0.3) is 22.0 Å². The third-order valence-electron chi connectivity index (χ3n) is 4.97. The van der Waals surface area contributed by atoms with Crippen LogP contribution in [0.3, 0.4) is 0 Å². The second-order valence-electron chi connectivity index (χ2n) is 7.04. The molecular formula is C21H18N6O2. The summed E-state index contributed by atoms with van der Waals surface area (Å²) in [5, 5.41) is 13.3. The van der Waals surface area contributed by atoms with E-state index in [-0.39, 0.29) is 17.7 Å². The summed E-state index contributed by atoms with van der Waals surface area (Å²) in [6, 6.07) is 11.1. The molecule has 0 radical (unpaired) electrons. The van der Waals surface area contributed by atoms with Crippen molar-refractivity contribution in [2.45, 2.75) is 12.8 Å². The van der Waals surface area contributed by atoms with Crippen molar-refractivity contribution < 1.29 is 9.59 Å². The molecule has 144 valence electrons. The van der Waals surface area contributed by atoms with Crippen molar-refractivity contribution in [3.63, 3.8) is 0 Å². The molecule has 1 aliphatic carbocycles. The Balaban J connectivity index is 1.46. The van der Waals surface area contributed by atoms with E-state index >= 15 is 0 Å². The number of para-hydroxylation sites is 1. The Morgan fingerprint density at radius 3 is 2.79 bits per heavy atom. The van der Waals surface area contributed by atoms with Gasteiger partial charge >= 0.3 is 0 Å². The van der Waals surface area contributed by atoms with Crippen LogP contribution in [-0.2, 0) is 4.79 Å². The Morgan fingerprint density at radius 1 is 1.10 bits per heavy atom. The lowest BCUT2D eigenvalue weighted by atomic mass is 10.1. The zero-order valence-corrected chi connectivity index (χ0v) is 15.4. The topological polar surface area (TPSA) is 116 Å². The average molecular weight is 386 g/mol. The Labute approximate surface area is 165 Å². The number of carbonyl (C=O) groups excluding carboxylic acids is 2. The predicted octanol–water partition coefficient (Wildman–Crippen LogP) is 3.55. The molecule has 0 unspecified atom stereocenters. The second kappa shape index (κ2) is 6.90. The van der Waals surface area contributed by atoms with Gasteiger partial charge in [0.15, 0.2) is 0 Å². The highest BCUT2D eigenvalue weighted by molar-refractivity contribution is 6.10. The standard InChI is InChI=1S/C21H18N6O2/c28-20(12-4-5-12)26-18-10-13(6-8-22-18)15-11-23-19-14(15)2-1-3-16(19)25-21(29)17-7-9-24-27-17/h1-3,6-12,23H,4-5H2,(H,24,27)(H,25,29)(H,22,26,28). The number of nitrogens with zero attached hydrogens (tertiary/aromatic N) is 2. The lowest BCUT2D eigenvalue weighted by Gasteiger charge is -2.07. The number of hydrogen-bond acceptors (Lipinski definition) is 4. The quantitative estimate of drug-likeness (QED) is 0.420. The minimum Gasteiger partial charge on any atom is -0.359 e. The van der Waals surface area contributed by atoms with Crippen molar-refractivity contribution in [3.8, 4) is 11.1 Å². The fourth-order valence-corrected chi connectivity index (χ4v) is 3.31. The molecule has 8 nitrogen and oxygen atoms in total. The van der Waals surface area contributed by atoms with Gasteiger partial charge in [-0.1, -0.05) is 12.1 Å². The lowest BCUT2D eigenvalue weighted by Crippen LogP contribution is -2.14. The Hall–Kier alpha value is -3.94. The first-order valence-corrected chi connectivity index (χ1v) is 9.37. The van der Waals surface area contributed by atoms with Crippen LogP contribution in [0.1, 0.15) is 23.3 Å². The van der Waals surface area contributed by atoms with Gasteiger partial charge in [-0.25, -0.2) is 4.98 Å². The number of nitrogens with one attached hydrogen (secondary N) is 4. The van der Waals surface area contributed by atoms with E-state index in [0.717, 1.165) is 34.9 Å². The Bertz CT molecular complexity index is 1210. The lowest BCUT2D eigenvalue weighted by molar-refractivity contribution is -0.117. The number of anilines is 2. The molecule has 4 aromatic rings. The van der Waals surface area contributed by atoms with Crippen LogP contribution in [0.2, 0.25) is 0 Å². The van der Waals surface area contributed by atoms with E-state index in [4.69, 9.17) is 0 Å². The minimum absolute atomic E-state index is 0.0249. The number of amides is 2. The van der Waals surface area contributed by atoms with Crippen LogP contribution < -0.4 is 10.6 Å². The van der Waals surface area contributed by atoms with Gasteiger partial charge in [0.05, 0.1) is 11.2 Å². The van der Waals surface area contributed by atoms with Crippen LogP contribution in [-0.4, -0.2) is 32.0 Å². The van der Waals surface area contributed by atoms with E-state index in [0.29, 0.717) is 17.2 Å². The summed E-state index contributed by atoms with van der Waals surface area (Å²) in [4.78, 5) is 31.9. The van der Waals surface area contributed by atoms with Crippen LogP contribution in [0, 0.1) is 5.92 Å². The van der Waals surface area contributed by atoms with Gasteiger partial charge in [-0.2, -0.15) is 5.10 Å². The summed E-state index contributed by atoms with van der Waals surface area (Å²) in [5.41, 5.74) is 3.68. The van der Waals surface area contributed by atoms with Crippen LogP contribution in [0.5, 0.6) is 0 Å². The maximum atomic E-state index is 12.3. The van der Waals surface area contributed by atoms with E-state index < -0.39 is 0 Å². The van der Waals surface area contributed by atoms with Crippen molar-refractivity contribution in [2.75, 3.05) is 10.6 Å². The number of aromatic amines is 2. The van der Waals surface area contributed by atoms with E-state index in [1.807, 2.05) is 36.5 Å². The highest BCUT2D eigenvalue weighted by atomic mass is 16.2. The van der Waals surface area contributed by atoms with Crippen LogP contribution in [0.15, 0.2) is 55.0 Å². The number of H-pyrrole nitrogens is 2. The zero-order valence-electron chi connectivity index (χ0n) is 15.4. The average Bonchev–Trinajstić information content (AvgIpc) is 3.25. The van der Waals surface area contributed by atoms with E-state index in [1.165, 1.54) is 0 Å². The number of hydrogen-bond donors (Lipinski definition) is 4. The molecule has 0 atom stereocenters. The minimum atomic E-state index is -0.288. The molecule has 3 heterocycles. The molecule has 5 rings (SSSR count). The van der Waals surface area contributed by atoms with Crippen molar-refractivity contribution in [1.29, 1.82) is 0 Å². The van der Waals surface area contributed by atoms with E-state index in [9.17, 15) is 9.59 Å². The molecule has 1 aromatic carbocycles. The van der Waals surface area contributed by atoms with Gasteiger partial charge in [0.1, 0.15) is 11.5 Å². The Kier molecular flexibility index (Phi) is 4.09. The first-order valence-electron chi connectivity index (χ1n) is 9.37. The molecule has 8 heteroatoms. The number of pyridine rings is 1. The van der Waals surface area contributed by atoms with Gasteiger partial charge in [-0.05, 0) is 42.7 Å². The molecule has 4 N–H and O–H groups in total. The van der Waals surface area contributed by atoms with Crippen LogP contribution in [0.4, 0.5) is 11.5 Å². The predicted molar refractivity (Wildman–Crippen MR) is 109 cm³/mol. The largest absolute Gasteiger partial charge is 0.359 e. The van der Waals surface area contributed by atoms with E-state index in [1.54, 1.807) is 18.5 Å². The molecule has 1 aliphatic rings. The third-order valence-corrected chi connectivity index (χ3v) is 4.97. The van der Waals surface area contributed by atoms with Crippen molar-refractivity contribution in [3.05, 3.63) is 60.7 Å². The molecule has 1 saturated carbocycles. The number of aromatic nitrogens is 4. The fourth-order valence-electron chi connectivity index (χ4n) is 3.31. The summed E-state index contributed by atoms with van der Waals surface area (Å²) < 4.78 is 0. The summed E-state index contributed by atoms with van der Waals surface area (Å²) in [5.74, 6) is 0.395. The summed E-state index contributed by atoms with van der Waals surface area (Å²) in [6.07, 6.45) is 7.06. The first kappa shape index (κ1) is 17.2. The van der Waals surface area contributed by atoms with Crippen molar-refractivity contribution in [2.24, 2.45) is 5.92 Å². The molecule has 0 spiro atoms. The van der Waals surface area contributed by atoms with Gasteiger partial charge < -0.3 is 15.6 Å². The summed E-state index contributed by atoms with van der Waals surface area (Å²) >= 11 is 0. The maximum Gasteiger partial charge on any atom is 0.276 e. The smallest absolute Gasteiger partial charge is 0.276 e. The molecular weight excluding hydrogens is 368 g/mol. The van der Waals surface area contributed by atoms with Gasteiger partial charge in [-0.15, -0.1) is 0 Å². The van der Waals surface area contributed by atoms with Gasteiger partial charge in [0.25, 0.3) is 5.91 Å². The SMILES string of the molecule is O=C(Nc1cccc2c(-c3ccnc(NC(=O)C4CC4)c3)c[nH]c12)c1cc[nH]n1. The van der Waals surface area contributed by atoms with Crippen LogP contribution >= 0.6 is 0 Å². The van der Waals surface area contributed by atoms with Crippen molar-refractivity contribution in [1.82, 2.24) is 20.2 Å². The molecule has 1 fully saturated rings. The number of fused-ring (bicyclic) bond motifs is 1. The maximum absolute atomic E-state index is 12.3. The summed E-state index contributed by atoms with van der Waals surface area (Å²) in [7, 11) is 0. The highest BCUT2D eigenvalue weighted by Crippen LogP contribution is 2.34. The molecule has 3 aromatic heterocycles. The summed E-state index contributed by atoms with van der Waals surface area (Å²) in [6.45, 7) is 0. The van der Waals surface area contributed by atoms with Gasteiger partial charge in [0, 0.05) is 35.5 Å².